The quantitative estimate of drug-likeness (QED) is 0.124. The topological polar surface area (TPSA) is 146 Å². The van der Waals surface area contributed by atoms with Crippen LogP contribution in [0.15, 0.2) is 95.0 Å². The van der Waals surface area contributed by atoms with Crippen LogP contribution in [0, 0.1) is 0 Å². The number of H-pyrrole nitrogens is 1. The Morgan fingerprint density at radius 1 is 1.02 bits per heavy atom. The monoisotopic (exact) mass is 652 g/mol. The number of aliphatic hydroxyl groups excluding tert-OH is 1. The molecule has 5 aromatic rings. The molecule has 0 saturated carbocycles. The van der Waals surface area contributed by atoms with Crippen LogP contribution in [0.4, 0.5) is 5.95 Å². The van der Waals surface area contributed by atoms with Crippen molar-refractivity contribution in [2.45, 2.75) is 29.6 Å². The highest BCUT2D eigenvalue weighted by Crippen LogP contribution is 2.48. The third-order valence-electron chi connectivity index (χ3n) is 8.82. The average Bonchev–Trinajstić information content (AvgIpc) is 3.77. The molecule has 0 radical (unpaired) electrons. The first-order chi connectivity index (χ1) is 23.3. The Balaban J connectivity index is 1.28. The second-order valence-corrected chi connectivity index (χ2v) is 12.0. The van der Waals surface area contributed by atoms with Crippen molar-refractivity contribution in [2.75, 3.05) is 41.5 Å². The first-order valence-electron chi connectivity index (χ1n) is 15.4. The molecule has 48 heavy (non-hydrogen) atoms. The molecule has 2 aliphatic heterocycles. The standard InChI is InChI=1S/C35H36N6O7/c1-40(2)20-37-33-38-30-27(31(43)39-33)36-21-41(30)32-28-29(42)34(48-32,18-46-28)19-47-35(22-8-6-5-7-9-22,23-10-14-25(44-3)15-11-23)24-12-16-26(45-4)17-13-24/h5-17,20-21,28-29,32,42H,18-19H2,1-4H3,(H,38,39,43)/t28-,29+,32-,34-/m1/s1. The maximum absolute atomic E-state index is 12.8. The third kappa shape index (κ3) is 5.30. The number of aliphatic imine (C=N–C) groups is 1. The number of hydrogen-bond acceptors (Lipinski definition) is 10. The van der Waals surface area contributed by atoms with Gasteiger partial charge in [0.05, 0.1) is 40.1 Å². The molecule has 2 aromatic heterocycles. The van der Waals surface area contributed by atoms with Crippen molar-refractivity contribution in [3.63, 3.8) is 0 Å². The summed E-state index contributed by atoms with van der Waals surface area (Å²) in [6.45, 7) is 0.0393. The fourth-order valence-corrected chi connectivity index (χ4v) is 6.38. The Kier molecular flexibility index (Phi) is 8.21. The molecule has 248 valence electrons. The number of aromatic amines is 1. The SMILES string of the molecule is COc1ccc(C(OC[C@@]23CO[C@@H]([C@H](n4cnc5c(=O)[nH]c(N=CN(C)C)nc54)O2)[C@@H]3O)(c2ccccc2)c2ccc(OC)cc2)cc1. The number of aromatic nitrogens is 4. The Morgan fingerprint density at radius 3 is 2.25 bits per heavy atom. The van der Waals surface area contributed by atoms with Crippen LogP contribution in [0.1, 0.15) is 22.9 Å². The van der Waals surface area contributed by atoms with Crippen LogP contribution < -0.4 is 15.0 Å². The minimum absolute atomic E-state index is 0.0485. The van der Waals surface area contributed by atoms with Crippen molar-refractivity contribution in [1.82, 2.24) is 24.4 Å². The Labute approximate surface area is 276 Å². The maximum atomic E-state index is 12.8. The molecular weight excluding hydrogens is 616 g/mol. The van der Waals surface area contributed by atoms with Gasteiger partial charge in [0.25, 0.3) is 5.56 Å². The van der Waals surface area contributed by atoms with E-state index in [0.717, 1.165) is 16.7 Å². The lowest BCUT2D eigenvalue weighted by Crippen LogP contribution is -2.48. The zero-order valence-corrected chi connectivity index (χ0v) is 26.9. The maximum Gasteiger partial charge on any atom is 0.280 e. The molecule has 2 aliphatic rings. The van der Waals surface area contributed by atoms with E-state index >= 15 is 0 Å². The van der Waals surface area contributed by atoms with Crippen molar-refractivity contribution < 1.29 is 28.8 Å². The molecule has 3 aromatic carbocycles. The second kappa shape index (κ2) is 12.5. The summed E-state index contributed by atoms with van der Waals surface area (Å²) < 4.78 is 32.4. The summed E-state index contributed by atoms with van der Waals surface area (Å²) in [4.78, 5) is 30.3. The normalized spacial score (nSPS) is 22.1. The predicted octanol–water partition coefficient (Wildman–Crippen LogP) is 3.39. The summed E-state index contributed by atoms with van der Waals surface area (Å²) in [5.74, 6) is 1.51. The molecule has 0 aliphatic carbocycles. The van der Waals surface area contributed by atoms with E-state index < -0.39 is 35.2 Å². The van der Waals surface area contributed by atoms with Crippen molar-refractivity contribution in [2.24, 2.45) is 4.99 Å². The number of nitrogens with zero attached hydrogens (tertiary/aromatic N) is 5. The molecule has 0 amide bonds. The van der Waals surface area contributed by atoms with E-state index in [2.05, 4.69) is 19.9 Å². The van der Waals surface area contributed by atoms with E-state index in [-0.39, 0.29) is 30.3 Å². The molecule has 2 fully saturated rings. The van der Waals surface area contributed by atoms with E-state index in [1.807, 2.05) is 93.0 Å². The van der Waals surface area contributed by atoms with Gasteiger partial charge in [-0.15, -0.1) is 0 Å². The van der Waals surface area contributed by atoms with Crippen LogP contribution in [0.5, 0.6) is 11.5 Å². The van der Waals surface area contributed by atoms with Gasteiger partial charge in [0.15, 0.2) is 17.4 Å². The van der Waals surface area contributed by atoms with Crippen molar-refractivity contribution in [1.29, 1.82) is 0 Å². The number of ether oxygens (including phenoxy) is 5. The number of rotatable bonds is 11. The Morgan fingerprint density at radius 2 is 1.65 bits per heavy atom. The average molecular weight is 653 g/mol. The van der Waals surface area contributed by atoms with Gasteiger partial charge in [-0.3, -0.25) is 14.3 Å². The van der Waals surface area contributed by atoms with Gasteiger partial charge in [-0.1, -0.05) is 54.6 Å². The Bertz CT molecular complexity index is 1930. The van der Waals surface area contributed by atoms with E-state index in [1.54, 1.807) is 23.7 Å². The molecule has 13 nitrogen and oxygen atoms in total. The fraction of sp³-hybridized carbons (Fsp3) is 0.314. The number of nitrogens with one attached hydrogen (secondary N) is 1. The first kappa shape index (κ1) is 31.5. The lowest BCUT2D eigenvalue weighted by Gasteiger charge is -2.39. The molecule has 0 unspecified atom stereocenters. The van der Waals surface area contributed by atoms with Crippen LogP contribution in [-0.2, 0) is 19.8 Å². The van der Waals surface area contributed by atoms with E-state index in [1.165, 1.54) is 12.7 Å². The number of fused-ring (bicyclic) bond motifs is 3. The van der Waals surface area contributed by atoms with Crippen molar-refractivity contribution in [3.8, 4) is 11.5 Å². The van der Waals surface area contributed by atoms with Crippen LogP contribution in [-0.4, -0.2) is 95.2 Å². The summed E-state index contributed by atoms with van der Waals surface area (Å²) in [5.41, 5.74) is 0.0823. The summed E-state index contributed by atoms with van der Waals surface area (Å²) in [6, 6.07) is 25.3. The van der Waals surface area contributed by atoms with E-state index in [9.17, 15) is 9.90 Å². The molecule has 2 bridgehead atoms. The Hall–Kier alpha value is -5.08. The predicted molar refractivity (Wildman–Crippen MR) is 177 cm³/mol. The number of aliphatic hydroxyl groups is 1. The molecule has 4 heterocycles. The van der Waals surface area contributed by atoms with E-state index in [4.69, 9.17) is 23.7 Å². The van der Waals surface area contributed by atoms with Crippen molar-refractivity contribution >= 4 is 23.5 Å². The van der Waals surface area contributed by atoms with Gasteiger partial charge < -0.3 is 33.7 Å². The summed E-state index contributed by atoms with van der Waals surface area (Å²) in [5, 5.41) is 11.7. The number of methoxy groups -OCH3 is 2. The zero-order chi connectivity index (χ0) is 33.5. The molecule has 2 N–H and O–H groups in total. The largest absolute Gasteiger partial charge is 0.497 e. The number of hydrogen-bond donors (Lipinski definition) is 2. The van der Waals surface area contributed by atoms with Gasteiger partial charge in [0.1, 0.15) is 34.9 Å². The van der Waals surface area contributed by atoms with E-state index in [0.29, 0.717) is 11.5 Å². The molecule has 7 rings (SSSR count). The molecule has 2 saturated heterocycles. The third-order valence-corrected chi connectivity index (χ3v) is 8.82. The van der Waals surface area contributed by atoms with Crippen LogP contribution in [0.3, 0.4) is 0 Å². The minimum atomic E-state index is -1.25. The lowest BCUT2D eigenvalue weighted by atomic mass is 9.79. The summed E-state index contributed by atoms with van der Waals surface area (Å²) in [6.07, 6.45) is 0.325. The minimum Gasteiger partial charge on any atom is -0.497 e. The van der Waals surface area contributed by atoms with Gasteiger partial charge in [0.2, 0.25) is 5.95 Å². The number of imidazole rings is 1. The van der Waals surface area contributed by atoms with Gasteiger partial charge in [-0.05, 0) is 41.0 Å². The number of benzene rings is 3. The molecule has 4 atom stereocenters. The van der Waals surface area contributed by atoms with Crippen LogP contribution >= 0.6 is 0 Å². The van der Waals surface area contributed by atoms with Crippen LogP contribution in [0.25, 0.3) is 11.2 Å². The molecular formula is C35H36N6O7. The highest BCUT2D eigenvalue weighted by atomic mass is 16.7. The molecule has 13 heteroatoms. The second-order valence-electron chi connectivity index (χ2n) is 12.0. The highest BCUT2D eigenvalue weighted by Gasteiger charge is 2.63. The van der Waals surface area contributed by atoms with Gasteiger partial charge in [0, 0.05) is 14.1 Å². The summed E-state index contributed by atoms with van der Waals surface area (Å²) in [7, 11) is 6.86. The van der Waals surface area contributed by atoms with Gasteiger partial charge in [-0.25, -0.2) is 9.98 Å². The smallest absolute Gasteiger partial charge is 0.280 e. The fourth-order valence-electron chi connectivity index (χ4n) is 6.38. The van der Waals surface area contributed by atoms with Gasteiger partial charge in [-0.2, -0.15) is 4.98 Å². The highest BCUT2D eigenvalue weighted by molar-refractivity contribution is 5.71. The van der Waals surface area contributed by atoms with Crippen LogP contribution in [0.2, 0.25) is 0 Å². The molecule has 0 spiro atoms. The van der Waals surface area contributed by atoms with Gasteiger partial charge >= 0.3 is 0 Å². The summed E-state index contributed by atoms with van der Waals surface area (Å²) >= 11 is 0. The zero-order valence-electron chi connectivity index (χ0n) is 26.9. The first-order valence-corrected chi connectivity index (χ1v) is 15.4. The lowest BCUT2D eigenvalue weighted by molar-refractivity contribution is -0.202. The van der Waals surface area contributed by atoms with Crippen molar-refractivity contribution in [3.05, 3.63) is 112 Å².